The van der Waals surface area contributed by atoms with E-state index < -0.39 is 16.7 Å². The van der Waals surface area contributed by atoms with Crippen LogP contribution in [0.15, 0.2) is 60.7 Å². The van der Waals surface area contributed by atoms with Crippen LogP contribution in [-0.2, 0) is 6.42 Å². The summed E-state index contributed by atoms with van der Waals surface area (Å²) in [7, 11) is 0. The zero-order valence-corrected chi connectivity index (χ0v) is 15.4. The van der Waals surface area contributed by atoms with Gasteiger partial charge in [0.15, 0.2) is 0 Å². The summed E-state index contributed by atoms with van der Waals surface area (Å²) < 4.78 is 27.1. The van der Waals surface area contributed by atoms with Crippen LogP contribution in [0.2, 0.25) is 5.02 Å². The molecule has 0 unspecified atom stereocenters. The third-order valence-corrected chi connectivity index (χ3v) is 5.00. The van der Waals surface area contributed by atoms with Crippen LogP contribution < -0.4 is 0 Å². The molecule has 4 rings (SSSR count). The molecule has 0 aliphatic rings. The molecule has 0 saturated carbocycles. The lowest BCUT2D eigenvalue weighted by Crippen LogP contribution is -1.87. The lowest BCUT2D eigenvalue weighted by molar-refractivity contribution is 0.583. The number of benzene rings is 4. The molecule has 0 atom stereocenters. The number of halogens is 3. The van der Waals surface area contributed by atoms with Crippen LogP contribution >= 0.6 is 11.6 Å². The highest BCUT2D eigenvalue weighted by Gasteiger charge is 2.07. The van der Waals surface area contributed by atoms with Crippen LogP contribution in [0.4, 0.5) is 8.78 Å². The number of hydrogen-bond acceptors (Lipinski definition) is 0. The van der Waals surface area contributed by atoms with Crippen molar-refractivity contribution in [3.63, 3.8) is 0 Å². The Hall–Kier alpha value is -2.89. The third kappa shape index (κ3) is 3.39. The van der Waals surface area contributed by atoms with Crippen molar-refractivity contribution in [2.24, 2.45) is 0 Å². The van der Waals surface area contributed by atoms with E-state index in [-0.39, 0.29) is 5.56 Å². The van der Waals surface area contributed by atoms with Crippen LogP contribution in [0.5, 0.6) is 0 Å². The van der Waals surface area contributed by atoms with E-state index in [2.05, 4.69) is 49.1 Å². The highest BCUT2D eigenvalue weighted by Crippen LogP contribution is 2.27. The predicted octanol–water partition coefficient (Wildman–Crippen LogP) is 6.89. The molecule has 0 saturated heterocycles. The SMILES string of the molecule is CCc1ccc2c(ccc3cc(C#Cc4cc(F)c(Cl)c(F)c4)ccc32)c1. The molecule has 3 heteroatoms. The fraction of sp³-hybridized carbons (Fsp3) is 0.0833. The Morgan fingerprint density at radius 1 is 0.741 bits per heavy atom. The standard InChI is InChI=1S/C24H15ClF2/c1-2-15-5-9-20-18(11-15)7-8-19-12-16(6-10-21(19)20)3-4-17-13-22(26)24(25)23(27)14-17/h5-14H,2H2,1H3. The summed E-state index contributed by atoms with van der Waals surface area (Å²) in [6.45, 7) is 2.14. The lowest BCUT2D eigenvalue weighted by atomic mass is 9.98. The van der Waals surface area contributed by atoms with Crippen molar-refractivity contribution in [2.45, 2.75) is 13.3 Å². The Kier molecular flexibility index (Phi) is 4.56. The summed E-state index contributed by atoms with van der Waals surface area (Å²) in [5, 5.41) is 4.14. The van der Waals surface area contributed by atoms with E-state index in [1.54, 1.807) is 0 Å². The van der Waals surface area contributed by atoms with Crippen molar-refractivity contribution in [1.29, 1.82) is 0 Å². The van der Waals surface area contributed by atoms with Gasteiger partial charge in [-0.3, -0.25) is 0 Å². The van der Waals surface area contributed by atoms with Crippen molar-refractivity contribution in [3.8, 4) is 11.8 Å². The van der Waals surface area contributed by atoms with E-state index in [1.807, 2.05) is 18.2 Å². The van der Waals surface area contributed by atoms with E-state index in [9.17, 15) is 8.78 Å². The van der Waals surface area contributed by atoms with Crippen molar-refractivity contribution in [2.75, 3.05) is 0 Å². The van der Waals surface area contributed by atoms with E-state index in [0.29, 0.717) is 0 Å². The molecule has 27 heavy (non-hydrogen) atoms. The number of hydrogen-bond donors (Lipinski definition) is 0. The smallest absolute Gasteiger partial charge is 0.146 e. The van der Waals surface area contributed by atoms with E-state index in [1.165, 1.54) is 16.3 Å². The number of aryl methyl sites for hydroxylation is 1. The van der Waals surface area contributed by atoms with Gasteiger partial charge >= 0.3 is 0 Å². The second-order valence-electron chi connectivity index (χ2n) is 6.41. The van der Waals surface area contributed by atoms with Gasteiger partial charge in [0.1, 0.15) is 16.7 Å². The van der Waals surface area contributed by atoms with Gasteiger partial charge in [0.05, 0.1) is 0 Å². The Morgan fingerprint density at radius 2 is 1.33 bits per heavy atom. The molecule has 0 fully saturated rings. The first-order valence-electron chi connectivity index (χ1n) is 8.67. The minimum Gasteiger partial charge on any atom is -0.205 e. The van der Waals surface area contributed by atoms with E-state index >= 15 is 0 Å². The summed E-state index contributed by atoms with van der Waals surface area (Å²) in [4.78, 5) is 0. The molecule has 132 valence electrons. The van der Waals surface area contributed by atoms with Crippen LogP contribution in [0, 0.1) is 23.5 Å². The van der Waals surface area contributed by atoms with E-state index in [4.69, 9.17) is 11.6 Å². The topological polar surface area (TPSA) is 0 Å². The largest absolute Gasteiger partial charge is 0.205 e. The summed E-state index contributed by atoms with van der Waals surface area (Å²) in [6, 6.07) is 18.9. The zero-order chi connectivity index (χ0) is 19.0. The molecule has 0 spiro atoms. The first-order chi connectivity index (χ1) is 13.0. The fourth-order valence-corrected chi connectivity index (χ4v) is 3.30. The van der Waals surface area contributed by atoms with Gasteiger partial charge in [0.25, 0.3) is 0 Å². The lowest BCUT2D eigenvalue weighted by Gasteiger charge is -2.06. The Labute approximate surface area is 161 Å². The van der Waals surface area contributed by atoms with Gasteiger partial charge in [-0.15, -0.1) is 0 Å². The minimum atomic E-state index is -0.808. The molecule has 0 heterocycles. The molecule has 0 aliphatic carbocycles. The molecule has 0 nitrogen and oxygen atoms in total. The zero-order valence-electron chi connectivity index (χ0n) is 14.6. The van der Waals surface area contributed by atoms with E-state index in [0.717, 1.165) is 34.9 Å². The summed E-state index contributed by atoms with van der Waals surface area (Å²) in [6.07, 6.45) is 1.01. The van der Waals surface area contributed by atoms with Crippen molar-refractivity contribution >= 4 is 33.1 Å². The average molecular weight is 377 g/mol. The predicted molar refractivity (Wildman–Crippen MR) is 108 cm³/mol. The van der Waals surface area contributed by atoms with Crippen LogP contribution in [-0.4, -0.2) is 0 Å². The van der Waals surface area contributed by atoms with Gasteiger partial charge in [-0.1, -0.05) is 66.8 Å². The highest BCUT2D eigenvalue weighted by atomic mass is 35.5. The molecule has 0 aliphatic heterocycles. The quantitative estimate of drug-likeness (QED) is 0.193. The van der Waals surface area contributed by atoms with Crippen LogP contribution in [0.1, 0.15) is 23.6 Å². The van der Waals surface area contributed by atoms with Gasteiger partial charge in [0, 0.05) is 11.1 Å². The molecular weight excluding hydrogens is 362 g/mol. The summed E-state index contributed by atoms with van der Waals surface area (Å²) in [5.41, 5.74) is 2.34. The van der Waals surface area contributed by atoms with Gasteiger partial charge in [-0.2, -0.15) is 0 Å². The first-order valence-corrected chi connectivity index (χ1v) is 9.05. The number of fused-ring (bicyclic) bond motifs is 3. The minimum absolute atomic E-state index is 0.250. The second-order valence-corrected chi connectivity index (χ2v) is 6.79. The molecule has 4 aromatic rings. The van der Waals surface area contributed by atoms with Crippen molar-refractivity contribution in [3.05, 3.63) is 94.0 Å². The maximum atomic E-state index is 13.5. The van der Waals surface area contributed by atoms with Gasteiger partial charge in [-0.25, -0.2) is 8.78 Å². The van der Waals surface area contributed by atoms with Gasteiger partial charge in [-0.05, 0) is 57.8 Å². The molecule has 0 aromatic heterocycles. The fourth-order valence-electron chi connectivity index (χ4n) is 3.19. The Bertz CT molecular complexity index is 1220. The summed E-state index contributed by atoms with van der Waals surface area (Å²) >= 11 is 5.50. The third-order valence-electron chi connectivity index (χ3n) is 4.64. The maximum absolute atomic E-state index is 13.5. The molecule has 0 radical (unpaired) electrons. The van der Waals surface area contributed by atoms with Crippen molar-refractivity contribution in [1.82, 2.24) is 0 Å². The monoisotopic (exact) mass is 376 g/mol. The average Bonchev–Trinajstić information content (AvgIpc) is 2.69. The normalized spacial score (nSPS) is 10.8. The maximum Gasteiger partial charge on any atom is 0.146 e. The second kappa shape index (κ2) is 7.02. The molecule has 0 N–H and O–H groups in total. The van der Waals surface area contributed by atoms with Gasteiger partial charge in [0.2, 0.25) is 0 Å². The molecule has 0 amide bonds. The molecular formula is C24H15ClF2. The molecule has 4 aromatic carbocycles. The Balaban J connectivity index is 1.76. The van der Waals surface area contributed by atoms with Crippen molar-refractivity contribution < 1.29 is 8.78 Å². The van der Waals surface area contributed by atoms with Crippen LogP contribution in [0.3, 0.4) is 0 Å². The van der Waals surface area contributed by atoms with Gasteiger partial charge < -0.3 is 0 Å². The Morgan fingerprint density at radius 3 is 2.00 bits per heavy atom. The molecule has 0 bridgehead atoms. The summed E-state index contributed by atoms with van der Waals surface area (Å²) in [5.74, 6) is 4.15. The van der Waals surface area contributed by atoms with Crippen LogP contribution in [0.25, 0.3) is 21.5 Å². The highest BCUT2D eigenvalue weighted by molar-refractivity contribution is 6.30. The number of rotatable bonds is 1. The first kappa shape index (κ1) is 17.5.